The molecule has 1 aliphatic heterocycles. The van der Waals surface area contributed by atoms with E-state index in [9.17, 15) is 22.8 Å². The first-order valence-electron chi connectivity index (χ1n) is 9.16. The van der Waals surface area contributed by atoms with Crippen LogP contribution in [0.5, 0.6) is 0 Å². The van der Waals surface area contributed by atoms with Crippen molar-refractivity contribution in [2.24, 2.45) is 14.1 Å². The summed E-state index contributed by atoms with van der Waals surface area (Å²) in [6, 6.07) is 7.71. The molecule has 1 amide bonds. The maximum atomic E-state index is 12.6. The summed E-state index contributed by atoms with van der Waals surface area (Å²) in [5.74, 6) is -0.316. The number of sulfonamides is 1. The Labute approximate surface area is 171 Å². The molecule has 1 N–H and O–H groups in total. The van der Waals surface area contributed by atoms with Crippen molar-refractivity contribution in [1.82, 2.24) is 14.1 Å². The highest BCUT2D eigenvalue weighted by atomic mass is 32.2. The zero-order valence-electron chi connectivity index (χ0n) is 16.3. The van der Waals surface area contributed by atoms with Gasteiger partial charge in [0, 0.05) is 26.2 Å². The number of aryl methyl sites for hydroxylation is 1. The summed E-state index contributed by atoms with van der Waals surface area (Å²) in [5, 5.41) is 2.87. The minimum Gasteiger partial charge on any atom is -0.321 e. The molecule has 3 heterocycles. The second-order valence-electron chi connectivity index (χ2n) is 7.04. The molecule has 10 nitrogen and oxygen atoms in total. The lowest BCUT2D eigenvalue weighted by Gasteiger charge is -2.17. The van der Waals surface area contributed by atoms with Gasteiger partial charge in [-0.1, -0.05) is 0 Å². The molecule has 4 rings (SSSR count). The molecule has 0 radical (unpaired) electrons. The Balaban J connectivity index is 1.60. The number of hydrogen-bond donors (Lipinski definition) is 1. The second-order valence-corrected chi connectivity index (χ2v) is 9.06. The number of carbonyl (C=O) groups excluding carboxylic acids is 1. The van der Waals surface area contributed by atoms with Gasteiger partial charge in [0.15, 0.2) is 0 Å². The fourth-order valence-corrected chi connectivity index (χ4v) is 5.01. The lowest BCUT2D eigenvalue weighted by molar-refractivity contribution is 0.102. The molecule has 2 aromatic heterocycles. The quantitative estimate of drug-likeness (QED) is 0.644. The van der Waals surface area contributed by atoms with Crippen molar-refractivity contribution < 1.29 is 13.2 Å². The summed E-state index contributed by atoms with van der Waals surface area (Å²) < 4.78 is 27.6. The Morgan fingerprint density at radius 1 is 1.10 bits per heavy atom. The van der Waals surface area contributed by atoms with Crippen molar-refractivity contribution in [2.45, 2.75) is 6.42 Å². The molecular formula is C19H19N5O5S. The standard InChI is InChI=1S/C19H19N5O5S/c1-22-16-15(18(26)23(2)19(22)27)10-13(11-20-16)21-17(25)12-4-6-14(7-5-12)24-8-3-9-30(24,28)29/h4-7,10-11H,3,8-9H2,1-2H3,(H,21,25). The summed E-state index contributed by atoms with van der Waals surface area (Å²) in [6.07, 6.45) is 1.94. The molecule has 0 spiro atoms. The van der Waals surface area contributed by atoms with E-state index >= 15 is 0 Å². The number of rotatable bonds is 3. The lowest BCUT2D eigenvalue weighted by Crippen LogP contribution is -2.37. The third-order valence-corrected chi connectivity index (χ3v) is 6.94. The van der Waals surface area contributed by atoms with Gasteiger partial charge in [-0.15, -0.1) is 0 Å². The molecule has 1 saturated heterocycles. The number of fused-ring (bicyclic) bond motifs is 1. The summed E-state index contributed by atoms with van der Waals surface area (Å²) >= 11 is 0. The molecule has 3 aromatic rings. The number of anilines is 2. The Bertz CT molecular complexity index is 1390. The Hall–Kier alpha value is -3.47. The Morgan fingerprint density at radius 3 is 2.43 bits per heavy atom. The van der Waals surface area contributed by atoms with E-state index in [4.69, 9.17) is 0 Å². The van der Waals surface area contributed by atoms with Gasteiger partial charge in [0.1, 0.15) is 5.65 Å². The van der Waals surface area contributed by atoms with Gasteiger partial charge < -0.3 is 5.32 Å². The Kier molecular flexibility index (Phi) is 4.69. The molecule has 0 aliphatic carbocycles. The van der Waals surface area contributed by atoms with Crippen LogP contribution in [0.25, 0.3) is 11.0 Å². The van der Waals surface area contributed by atoms with Gasteiger partial charge in [0.2, 0.25) is 10.0 Å². The number of nitrogens with zero attached hydrogens (tertiary/aromatic N) is 4. The largest absolute Gasteiger partial charge is 0.332 e. The first kappa shape index (κ1) is 19.8. The van der Waals surface area contributed by atoms with Crippen LogP contribution < -0.4 is 20.9 Å². The first-order valence-corrected chi connectivity index (χ1v) is 10.8. The SMILES string of the molecule is Cn1c(=O)c2cc(NC(=O)c3ccc(N4CCCS4(=O)=O)cc3)cnc2n(C)c1=O. The molecule has 0 atom stereocenters. The van der Waals surface area contributed by atoms with Crippen LogP contribution in [0.4, 0.5) is 11.4 Å². The molecule has 0 saturated carbocycles. The molecule has 0 bridgehead atoms. The highest BCUT2D eigenvalue weighted by Crippen LogP contribution is 2.24. The van der Waals surface area contributed by atoms with Crippen LogP contribution in [0.3, 0.4) is 0 Å². The molecular weight excluding hydrogens is 410 g/mol. The number of benzene rings is 1. The van der Waals surface area contributed by atoms with E-state index in [1.807, 2.05) is 0 Å². The summed E-state index contributed by atoms with van der Waals surface area (Å²) in [7, 11) is -0.404. The fourth-order valence-electron chi connectivity index (χ4n) is 3.45. The van der Waals surface area contributed by atoms with Crippen molar-refractivity contribution in [3.05, 3.63) is 62.9 Å². The van der Waals surface area contributed by atoms with Crippen molar-refractivity contribution in [2.75, 3.05) is 21.9 Å². The number of pyridine rings is 1. The third-order valence-electron chi connectivity index (χ3n) is 5.07. The van der Waals surface area contributed by atoms with Crippen LogP contribution in [-0.4, -0.2) is 40.7 Å². The second kappa shape index (κ2) is 7.10. The van der Waals surface area contributed by atoms with Gasteiger partial charge in [-0.2, -0.15) is 0 Å². The number of carbonyl (C=O) groups is 1. The van der Waals surface area contributed by atoms with E-state index in [0.717, 1.165) is 4.57 Å². The van der Waals surface area contributed by atoms with Crippen molar-refractivity contribution in [3.8, 4) is 0 Å². The minimum atomic E-state index is -3.29. The predicted octanol–water partition coefficient (Wildman–Crippen LogP) is 0.424. The number of aromatic nitrogens is 3. The normalized spacial score (nSPS) is 15.5. The average Bonchev–Trinajstić information content (AvgIpc) is 3.09. The summed E-state index contributed by atoms with van der Waals surface area (Å²) in [5.41, 5.74) is 0.362. The smallest absolute Gasteiger partial charge is 0.321 e. The monoisotopic (exact) mass is 429 g/mol. The number of amides is 1. The maximum Gasteiger partial charge on any atom is 0.332 e. The van der Waals surface area contributed by atoms with Gasteiger partial charge in [0.25, 0.3) is 11.5 Å². The molecule has 1 aromatic carbocycles. The van der Waals surface area contributed by atoms with Crippen molar-refractivity contribution in [3.63, 3.8) is 0 Å². The van der Waals surface area contributed by atoms with Gasteiger partial charge in [-0.3, -0.25) is 23.0 Å². The van der Waals surface area contributed by atoms with Crippen LogP contribution in [0.2, 0.25) is 0 Å². The zero-order valence-corrected chi connectivity index (χ0v) is 17.1. The van der Waals surface area contributed by atoms with Crippen LogP contribution in [0, 0.1) is 0 Å². The molecule has 0 unspecified atom stereocenters. The van der Waals surface area contributed by atoms with Crippen LogP contribution in [-0.2, 0) is 24.1 Å². The predicted molar refractivity (Wildman–Crippen MR) is 112 cm³/mol. The molecule has 11 heteroatoms. The average molecular weight is 429 g/mol. The van der Waals surface area contributed by atoms with E-state index in [1.165, 1.54) is 47.4 Å². The van der Waals surface area contributed by atoms with E-state index in [1.54, 1.807) is 12.1 Å². The Morgan fingerprint density at radius 2 is 1.80 bits per heavy atom. The lowest BCUT2D eigenvalue weighted by atomic mass is 10.2. The fraction of sp³-hybridized carbons (Fsp3) is 0.263. The van der Waals surface area contributed by atoms with Crippen LogP contribution in [0.1, 0.15) is 16.8 Å². The molecule has 30 heavy (non-hydrogen) atoms. The van der Waals surface area contributed by atoms with E-state index in [2.05, 4.69) is 10.3 Å². The number of hydrogen-bond acceptors (Lipinski definition) is 6. The van der Waals surface area contributed by atoms with E-state index < -0.39 is 27.2 Å². The minimum absolute atomic E-state index is 0.120. The first-order chi connectivity index (χ1) is 14.2. The van der Waals surface area contributed by atoms with Gasteiger partial charge in [-0.05, 0) is 36.8 Å². The van der Waals surface area contributed by atoms with E-state index in [-0.39, 0.29) is 16.8 Å². The van der Waals surface area contributed by atoms with Crippen molar-refractivity contribution >= 4 is 38.3 Å². The third kappa shape index (κ3) is 3.26. The summed E-state index contributed by atoms with van der Waals surface area (Å²) in [4.78, 5) is 41.1. The summed E-state index contributed by atoms with van der Waals surface area (Å²) in [6.45, 7) is 0.425. The zero-order chi connectivity index (χ0) is 21.6. The van der Waals surface area contributed by atoms with Crippen molar-refractivity contribution in [1.29, 1.82) is 0 Å². The number of nitrogens with one attached hydrogen (secondary N) is 1. The van der Waals surface area contributed by atoms with E-state index in [0.29, 0.717) is 29.9 Å². The van der Waals surface area contributed by atoms with Gasteiger partial charge in [-0.25, -0.2) is 18.2 Å². The highest BCUT2D eigenvalue weighted by Gasteiger charge is 2.28. The van der Waals surface area contributed by atoms with Crippen LogP contribution >= 0.6 is 0 Å². The molecule has 1 aliphatic rings. The van der Waals surface area contributed by atoms with Gasteiger partial charge >= 0.3 is 5.69 Å². The van der Waals surface area contributed by atoms with Crippen LogP contribution in [0.15, 0.2) is 46.1 Å². The highest BCUT2D eigenvalue weighted by molar-refractivity contribution is 7.93. The maximum absolute atomic E-state index is 12.6. The topological polar surface area (TPSA) is 123 Å². The molecule has 1 fully saturated rings. The molecule has 156 valence electrons. The van der Waals surface area contributed by atoms with Gasteiger partial charge in [0.05, 0.1) is 28.7 Å².